The Labute approximate surface area is 199 Å². The molecule has 34 heavy (non-hydrogen) atoms. The number of carbonyl (C=O) groups is 3. The van der Waals surface area contributed by atoms with Crippen LogP contribution in [-0.4, -0.2) is 69.0 Å². The van der Waals surface area contributed by atoms with Crippen molar-refractivity contribution in [3.05, 3.63) is 54.1 Å². The van der Waals surface area contributed by atoms with E-state index in [1.54, 1.807) is 50.5 Å². The van der Waals surface area contributed by atoms with Gasteiger partial charge in [-0.25, -0.2) is 8.42 Å². The van der Waals surface area contributed by atoms with Crippen LogP contribution >= 0.6 is 0 Å². The summed E-state index contributed by atoms with van der Waals surface area (Å²) in [4.78, 5) is 37.4. The number of benzene rings is 2. The Kier molecular flexibility index (Phi) is 8.06. The third kappa shape index (κ3) is 6.21. The highest BCUT2D eigenvalue weighted by Crippen LogP contribution is 2.26. The number of anilines is 1. The van der Waals surface area contributed by atoms with Gasteiger partial charge in [0.1, 0.15) is 5.75 Å². The van der Waals surface area contributed by atoms with Gasteiger partial charge in [-0.05, 0) is 56.2 Å². The molecule has 1 aliphatic heterocycles. The van der Waals surface area contributed by atoms with E-state index in [4.69, 9.17) is 4.74 Å². The van der Waals surface area contributed by atoms with Gasteiger partial charge < -0.3 is 15.0 Å². The largest absolute Gasteiger partial charge is 0.484 e. The molecule has 182 valence electrons. The molecule has 1 N–H and O–H groups in total. The summed E-state index contributed by atoms with van der Waals surface area (Å²) in [6.45, 7) is 1.76. The second-order valence-corrected chi connectivity index (χ2v) is 10.3. The predicted molar refractivity (Wildman–Crippen MR) is 127 cm³/mol. The fourth-order valence-electron chi connectivity index (χ4n) is 3.54. The highest BCUT2D eigenvalue weighted by atomic mass is 32.2. The summed E-state index contributed by atoms with van der Waals surface area (Å²) in [5.41, 5.74) is 0.934. The summed E-state index contributed by atoms with van der Waals surface area (Å²) in [5.74, 6) is -0.331. The van der Waals surface area contributed by atoms with Gasteiger partial charge in [-0.3, -0.25) is 14.4 Å². The molecule has 1 saturated heterocycles. The van der Waals surface area contributed by atoms with Crippen LogP contribution in [0.1, 0.15) is 30.1 Å². The van der Waals surface area contributed by atoms with Crippen LogP contribution in [-0.2, 0) is 19.6 Å². The van der Waals surface area contributed by atoms with Gasteiger partial charge in [0.05, 0.1) is 4.90 Å². The maximum absolute atomic E-state index is 13.0. The molecule has 1 aliphatic rings. The first-order valence-corrected chi connectivity index (χ1v) is 12.4. The van der Waals surface area contributed by atoms with Crippen molar-refractivity contribution in [1.29, 1.82) is 0 Å². The van der Waals surface area contributed by atoms with Crippen molar-refractivity contribution in [1.82, 2.24) is 9.21 Å². The number of Topliss-reactive ketones (excluding diaryl/α,β-unsaturated/α-hetero) is 1. The molecular formula is C24H29N3O6S. The first kappa shape index (κ1) is 25.4. The van der Waals surface area contributed by atoms with E-state index in [0.717, 1.165) is 0 Å². The van der Waals surface area contributed by atoms with Gasteiger partial charge in [0, 0.05) is 44.4 Å². The Morgan fingerprint density at radius 2 is 1.71 bits per heavy atom. The lowest BCUT2D eigenvalue weighted by Crippen LogP contribution is -2.41. The van der Waals surface area contributed by atoms with Crippen LogP contribution in [0.2, 0.25) is 0 Å². The number of hydrogen-bond acceptors (Lipinski definition) is 6. The summed E-state index contributed by atoms with van der Waals surface area (Å²) >= 11 is 0. The molecule has 0 saturated carbocycles. The molecule has 10 heteroatoms. The van der Waals surface area contributed by atoms with Crippen molar-refractivity contribution in [3.63, 3.8) is 0 Å². The third-order valence-corrected chi connectivity index (χ3v) is 7.58. The van der Waals surface area contributed by atoms with E-state index >= 15 is 0 Å². The SMILES string of the molecule is CC(=O)c1cccc(S(=O)(=O)N2CCC(C(=O)Nc3ccc(OCC(=O)N(C)C)cc3)CC2)c1. The highest BCUT2D eigenvalue weighted by molar-refractivity contribution is 7.89. The van der Waals surface area contributed by atoms with Crippen LogP contribution in [0.25, 0.3) is 0 Å². The highest BCUT2D eigenvalue weighted by Gasteiger charge is 2.32. The van der Waals surface area contributed by atoms with Gasteiger partial charge in [0.2, 0.25) is 15.9 Å². The van der Waals surface area contributed by atoms with Crippen LogP contribution in [0.5, 0.6) is 5.75 Å². The summed E-state index contributed by atoms with van der Waals surface area (Å²) in [5, 5.41) is 2.85. The lowest BCUT2D eigenvalue weighted by atomic mass is 9.97. The maximum Gasteiger partial charge on any atom is 0.259 e. The number of nitrogens with zero attached hydrogens (tertiary/aromatic N) is 2. The molecule has 0 unspecified atom stereocenters. The minimum Gasteiger partial charge on any atom is -0.484 e. The van der Waals surface area contributed by atoms with Crippen LogP contribution < -0.4 is 10.1 Å². The molecule has 1 fully saturated rings. The molecule has 0 radical (unpaired) electrons. The molecule has 0 aromatic heterocycles. The second-order valence-electron chi connectivity index (χ2n) is 8.35. The van der Waals surface area contributed by atoms with E-state index in [2.05, 4.69) is 5.32 Å². The van der Waals surface area contributed by atoms with Crippen molar-refractivity contribution < 1.29 is 27.5 Å². The molecule has 9 nitrogen and oxygen atoms in total. The molecule has 1 heterocycles. The van der Waals surface area contributed by atoms with Crippen LogP contribution in [0.3, 0.4) is 0 Å². The van der Waals surface area contributed by atoms with Crippen LogP contribution in [0, 0.1) is 5.92 Å². The second kappa shape index (κ2) is 10.8. The van der Waals surface area contributed by atoms with E-state index in [-0.39, 0.29) is 48.1 Å². The van der Waals surface area contributed by atoms with E-state index in [1.807, 2.05) is 0 Å². The molecule has 0 bridgehead atoms. The average molecular weight is 488 g/mol. The van der Waals surface area contributed by atoms with Crippen molar-refractivity contribution in [2.75, 3.05) is 39.1 Å². The van der Waals surface area contributed by atoms with Crippen molar-refractivity contribution in [3.8, 4) is 5.75 Å². The van der Waals surface area contributed by atoms with Gasteiger partial charge in [-0.15, -0.1) is 0 Å². The number of hydrogen-bond donors (Lipinski definition) is 1. The number of amides is 2. The summed E-state index contributed by atoms with van der Waals surface area (Å²) in [7, 11) is -0.441. The number of ketones is 1. The molecule has 0 aliphatic carbocycles. The Balaban J connectivity index is 1.54. The first-order valence-electron chi connectivity index (χ1n) is 10.9. The molecular weight excluding hydrogens is 458 g/mol. The lowest BCUT2D eigenvalue weighted by Gasteiger charge is -2.30. The van der Waals surface area contributed by atoms with Crippen LogP contribution in [0.4, 0.5) is 5.69 Å². The van der Waals surface area contributed by atoms with Crippen LogP contribution in [0.15, 0.2) is 53.4 Å². The molecule has 2 amide bonds. The number of carbonyl (C=O) groups excluding carboxylic acids is 3. The number of sulfonamides is 1. The number of ether oxygens (including phenoxy) is 1. The monoisotopic (exact) mass is 487 g/mol. The lowest BCUT2D eigenvalue weighted by molar-refractivity contribution is -0.130. The number of rotatable bonds is 8. The van der Waals surface area contributed by atoms with Crippen molar-refractivity contribution >= 4 is 33.3 Å². The van der Waals surface area contributed by atoms with E-state index in [1.165, 1.54) is 28.3 Å². The quantitative estimate of drug-likeness (QED) is 0.572. The van der Waals surface area contributed by atoms with Gasteiger partial charge in [0.15, 0.2) is 12.4 Å². The smallest absolute Gasteiger partial charge is 0.259 e. The minimum absolute atomic E-state index is 0.0702. The molecule has 0 atom stereocenters. The summed E-state index contributed by atoms with van der Waals surface area (Å²) < 4.78 is 32.7. The number of likely N-dealkylation sites (N-methyl/N-ethyl adjacent to an activating group) is 1. The van der Waals surface area contributed by atoms with E-state index in [9.17, 15) is 22.8 Å². The fourth-order valence-corrected chi connectivity index (χ4v) is 5.05. The minimum atomic E-state index is -3.74. The summed E-state index contributed by atoms with van der Waals surface area (Å²) in [6.07, 6.45) is 0.788. The number of piperidine rings is 1. The standard InChI is InChI=1S/C24H29N3O6S/c1-17(28)19-5-4-6-22(15-19)34(31,32)27-13-11-18(12-14-27)24(30)25-20-7-9-21(10-8-20)33-16-23(29)26(2)3/h4-10,15,18H,11-14,16H2,1-3H3,(H,25,30). The van der Waals surface area contributed by atoms with Gasteiger partial charge in [-0.2, -0.15) is 4.31 Å². The van der Waals surface area contributed by atoms with E-state index in [0.29, 0.717) is 29.8 Å². The number of nitrogens with one attached hydrogen (secondary N) is 1. The van der Waals surface area contributed by atoms with Crippen molar-refractivity contribution in [2.45, 2.75) is 24.7 Å². The zero-order valence-electron chi connectivity index (χ0n) is 19.5. The van der Waals surface area contributed by atoms with Crippen molar-refractivity contribution in [2.24, 2.45) is 5.92 Å². The van der Waals surface area contributed by atoms with Gasteiger partial charge in [0.25, 0.3) is 5.91 Å². The maximum atomic E-state index is 13.0. The Hall–Kier alpha value is -3.24. The molecule has 0 spiro atoms. The Bertz CT molecular complexity index is 1150. The molecule has 2 aromatic carbocycles. The molecule has 2 aromatic rings. The molecule has 3 rings (SSSR count). The van der Waals surface area contributed by atoms with Gasteiger partial charge in [-0.1, -0.05) is 12.1 Å². The third-order valence-electron chi connectivity index (χ3n) is 5.69. The average Bonchev–Trinajstić information content (AvgIpc) is 2.83. The zero-order valence-corrected chi connectivity index (χ0v) is 20.3. The van der Waals surface area contributed by atoms with Gasteiger partial charge >= 0.3 is 0 Å². The topological polar surface area (TPSA) is 113 Å². The Morgan fingerprint density at radius 1 is 1.06 bits per heavy atom. The van der Waals surface area contributed by atoms with E-state index < -0.39 is 10.0 Å². The normalized spacial score (nSPS) is 14.9. The Morgan fingerprint density at radius 3 is 2.29 bits per heavy atom. The fraction of sp³-hybridized carbons (Fsp3) is 0.375. The zero-order chi connectivity index (χ0) is 24.9. The first-order chi connectivity index (χ1) is 16.1. The summed E-state index contributed by atoms with van der Waals surface area (Å²) in [6, 6.07) is 12.7. The predicted octanol–water partition coefficient (Wildman–Crippen LogP) is 2.40.